The van der Waals surface area contributed by atoms with Crippen molar-refractivity contribution in [3.63, 3.8) is 0 Å². The number of hydrogen-bond donors (Lipinski definition) is 1. The summed E-state index contributed by atoms with van der Waals surface area (Å²) in [5, 5.41) is 0. The smallest absolute Gasteiger partial charge is 0.246 e. The van der Waals surface area contributed by atoms with Crippen LogP contribution >= 0.6 is 0 Å². The molecule has 1 N–H and O–H groups in total. The van der Waals surface area contributed by atoms with Crippen molar-refractivity contribution in [2.75, 3.05) is 20.3 Å². The fourth-order valence-electron chi connectivity index (χ4n) is 3.25. The molecule has 1 aliphatic rings. The van der Waals surface area contributed by atoms with E-state index in [1.165, 1.54) is 24.5 Å². The summed E-state index contributed by atoms with van der Waals surface area (Å²) in [6, 6.07) is 15.3. The lowest BCUT2D eigenvalue weighted by atomic mass is 10.1. The van der Waals surface area contributed by atoms with E-state index in [1.54, 1.807) is 42.3 Å². The summed E-state index contributed by atoms with van der Waals surface area (Å²) in [7, 11) is -1.96. The lowest BCUT2D eigenvalue weighted by Crippen LogP contribution is -2.24. The standard InChI is InChI=1S/C24H24N2O6S/c1-26(17-19-6-10-22-23(15-19)32-14-13-31-22)24(27)11-7-18-4-8-21(9-5-18)33(28,29)25-16-20-3-2-12-30-20/h2-12,15,25H,13-14,16-17H2,1H3/b11-7+. The van der Waals surface area contributed by atoms with Crippen molar-refractivity contribution in [2.24, 2.45) is 0 Å². The molecule has 9 heteroatoms. The van der Waals surface area contributed by atoms with Crippen LogP contribution in [0, 0.1) is 0 Å². The molecule has 8 nitrogen and oxygen atoms in total. The molecule has 4 rings (SSSR count). The Morgan fingerprint density at radius 3 is 2.55 bits per heavy atom. The van der Waals surface area contributed by atoms with E-state index >= 15 is 0 Å². The Morgan fingerprint density at radius 2 is 1.82 bits per heavy atom. The second-order valence-corrected chi connectivity index (χ2v) is 9.25. The second kappa shape index (κ2) is 9.93. The molecular formula is C24H24N2O6S. The number of sulfonamides is 1. The Balaban J connectivity index is 1.33. The number of carbonyl (C=O) groups excluding carboxylic acids is 1. The average molecular weight is 469 g/mol. The van der Waals surface area contributed by atoms with E-state index in [-0.39, 0.29) is 17.3 Å². The predicted molar refractivity (Wildman–Crippen MR) is 122 cm³/mol. The molecule has 0 spiro atoms. The van der Waals surface area contributed by atoms with Crippen molar-refractivity contribution in [3.8, 4) is 11.5 Å². The number of nitrogens with zero attached hydrogens (tertiary/aromatic N) is 1. The number of likely N-dealkylation sites (N-methyl/N-ethyl adjacent to an activating group) is 1. The Bertz CT molecular complexity index is 1230. The molecule has 172 valence electrons. The van der Waals surface area contributed by atoms with E-state index in [1.807, 2.05) is 18.2 Å². The Kier molecular flexibility index (Phi) is 6.81. The van der Waals surface area contributed by atoms with Crippen molar-refractivity contribution in [2.45, 2.75) is 18.0 Å². The van der Waals surface area contributed by atoms with Crippen LogP contribution in [0.15, 0.2) is 76.2 Å². The quantitative estimate of drug-likeness (QED) is 0.510. The molecule has 2 heterocycles. The van der Waals surface area contributed by atoms with E-state index in [0.29, 0.717) is 42.6 Å². The Morgan fingerprint density at radius 1 is 1.06 bits per heavy atom. The zero-order valence-electron chi connectivity index (χ0n) is 18.1. The van der Waals surface area contributed by atoms with Crippen LogP contribution in [-0.2, 0) is 27.9 Å². The summed E-state index contributed by atoms with van der Waals surface area (Å²) in [5.74, 6) is 1.74. The highest BCUT2D eigenvalue weighted by molar-refractivity contribution is 7.89. The van der Waals surface area contributed by atoms with E-state index in [0.717, 1.165) is 5.56 Å². The summed E-state index contributed by atoms with van der Waals surface area (Å²) in [6.07, 6.45) is 4.59. The van der Waals surface area contributed by atoms with Gasteiger partial charge in [0, 0.05) is 19.7 Å². The molecule has 33 heavy (non-hydrogen) atoms. The van der Waals surface area contributed by atoms with Gasteiger partial charge in [0.15, 0.2) is 11.5 Å². The number of furan rings is 1. The number of benzene rings is 2. The van der Waals surface area contributed by atoms with Crippen LogP contribution in [-0.4, -0.2) is 39.5 Å². The van der Waals surface area contributed by atoms with Gasteiger partial charge in [0.25, 0.3) is 0 Å². The fraction of sp³-hybridized carbons (Fsp3) is 0.208. The molecule has 1 aromatic heterocycles. The lowest BCUT2D eigenvalue weighted by molar-refractivity contribution is -0.125. The first-order valence-electron chi connectivity index (χ1n) is 10.3. The van der Waals surface area contributed by atoms with Gasteiger partial charge in [-0.1, -0.05) is 18.2 Å². The van der Waals surface area contributed by atoms with Crippen molar-refractivity contribution in [1.82, 2.24) is 9.62 Å². The fourth-order valence-corrected chi connectivity index (χ4v) is 4.25. The molecule has 0 atom stereocenters. The van der Waals surface area contributed by atoms with E-state index in [4.69, 9.17) is 13.9 Å². The van der Waals surface area contributed by atoms with Crippen LogP contribution < -0.4 is 14.2 Å². The van der Waals surface area contributed by atoms with Gasteiger partial charge in [-0.3, -0.25) is 4.79 Å². The van der Waals surface area contributed by atoms with Crippen LogP contribution in [0.5, 0.6) is 11.5 Å². The van der Waals surface area contributed by atoms with Crippen LogP contribution in [0.25, 0.3) is 6.08 Å². The van der Waals surface area contributed by atoms with Crippen LogP contribution in [0.2, 0.25) is 0 Å². The second-order valence-electron chi connectivity index (χ2n) is 7.48. The maximum Gasteiger partial charge on any atom is 0.246 e. The third-order valence-electron chi connectivity index (χ3n) is 5.03. The highest BCUT2D eigenvalue weighted by Gasteiger charge is 2.15. The molecule has 0 unspecified atom stereocenters. The van der Waals surface area contributed by atoms with Crippen molar-refractivity contribution >= 4 is 22.0 Å². The number of hydrogen-bond acceptors (Lipinski definition) is 6. The zero-order valence-corrected chi connectivity index (χ0v) is 18.9. The van der Waals surface area contributed by atoms with Crippen molar-refractivity contribution in [1.29, 1.82) is 0 Å². The highest BCUT2D eigenvalue weighted by Crippen LogP contribution is 2.31. The summed E-state index contributed by atoms with van der Waals surface area (Å²) in [6.45, 7) is 1.53. The van der Waals surface area contributed by atoms with Gasteiger partial charge >= 0.3 is 0 Å². The van der Waals surface area contributed by atoms with E-state index in [2.05, 4.69) is 4.72 Å². The Labute approximate surface area is 192 Å². The van der Waals surface area contributed by atoms with Gasteiger partial charge < -0.3 is 18.8 Å². The van der Waals surface area contributed by atoms with Crippen LogP contribution in [0.3, 0.4) is 0 Å². The first-order valence-corrected chi connectivity index (χ1v) is 11.8. The molecule has 0 aliphatic carbocycles. The molecule has 1 aliphatic heterocycles. The highest BCUT2D eigenvalue weighted by atomic mass is 32.2. The average Bonchev–Trinajstić information content (AvgIpc) is 3.35. The zero-order chi connectivity index (χ0) is 23.3. The van der Waals surface area contributed by atoms with Gasteiger partial charge in [0.05, 0.1) is 17.7 Å². The van der Waals surface area contributed by atoms with Crippen LogP contribution in [0.1, 0.15) is 16.9 Å². The van der Waals surface area contributed by atoms with Crippen LogP contribution in [0.4, 0.5) is 0 Å². The van der Waals surface area contributed by atoms with Gasteiger partial charge in [-0.2, -0.15) is 0 Å². The normalized spacial score (nSPS) is 13.2. The molecule has 2 aromatic carbocycles. The lowest BCUT2D eigenvalue weighted by Gasteiger charge is -2.20. The largest absolute Gasteiger partial charge is 0.486 e. The SMILES string of the molecule is CN(Cc1ccc2c(c1)OCCO2)C(=O)/C=C/c1ccc(S(=O)(=O)NCc2ccco2)cc1. The molecule has 0 fully saturated rings. The minimum absolute atomic E-state index is 0.0706. The van der Waals surface area contributed by atoms with Gasteiger partial charge in [-0.25, -0.2) is 13.1 Å². The number of amides is 1. The minimum atomic E-state index is -3.67. The molecular weight excluding hydrogens is 444 g/mol. The summed E-state index contributed by atoms with van der Waals surface area (Å²) < 4.78 is 43.5. The first-order chi connectivity index (χ1) is 15.9. The number of fused-ring (bicyclic) bond motifs is 1. The molecule has 1 amide bonds. The van der Waals surface area contributed by atoms with Gasteiger partial charge in [0.2, 0.25) is 15.9 Å². The molecule has 0 saturated heterocycles. The minimum Gasteiger partial charge on any atom is -0.486 e. The summed E-state index contributed by atoms with van der Waals surface area (Å²) >= 11 is 0. The van der Waals surface area contributed by atoms with E-state index in [9.17, 15) is 13.2 Å². The maximum absolute atomic E-state index is 12.5. The predicted octanol–water partition coefficient (Wildman–Crippen LogP) is 3.20. The monoisotopic (exact) mass is 468 g/mol. The number of carbonyl (C=O) groups is 1. The molecule has 0 bridgehead atoms. The maximum atomic E-state index is 12.5. The first kappa shape index (κ1) is 22.6. The molecule has 0 radical (unpaired) electrons. The van der Waals surface area contributed by atoms with E-state index < -0.39 is 10.0 Å². The number of ether oxygens (including phenoxy) is 2. The summed E-state index contributed by atoms with van der Waals surface area (Å²) in [5.41, 5.74) is 1.64. The van der Waals surface area contributed by atoms with Gasteiger partial charge in [-0.05, 0) is 53.6 Å². The number of rotatable bonds is 8. The molecule has 0 saturated carbocycles. The van der Waals surface area contributed by atoms with Gasteiger partial charge in [0.1, 0.15) is 19.0 Å². The topological polar surface area (TPSA) is 98.1 Å². The van der Waals surface area contributed by atoms with Gasteiger partial charge in [-0.15, -0.1) is 0 Å². The van der Waals surface area contributed by atoms with Crippen molar-refractivity contribution < 1.29 is 27.1 Å². The third kappa shape index (κ3) is 5.82. The van der Waals surface area contributed by atoms with Crippen molar-refractivity contribution in [3.05, 3.63) is 83.8 Å². The Hall–Kier alpha value is -3.56. The third-order valence-corrected chi connectivity index (χ3v) is 6.44. The summed E-state index contributed by atoms with van der Waals surface area (Å²) in [4.78, 5) is 14.2. The molecule has 3 aromatic rings. The number of nitrogens with one attached hydrogen (secondary N) is 1.